The molecule has 0 aliphatic rings. The van der Waals surface area contributed by atoms with Crippen molar-refractivity contribution in [2.24, 2.45) is 0 Å². The zero-order valence-electron chi connectivity index (χ0n) is 12.0. The molecule has 5 nitrogen and oxygen atoms in total. The van der Waals surface area contributed by atoms with Gasteiger partial charge in [0.15, 0.2) is 0 Å². The van der Waals surface area contributed by atoms with E-state index in [0.717, 1.165) is 0 Å². The SMILES string of the molecule is COc1ccc(S(=O)(=O)Nc2ccc(O)c(C)c2C)cc1. The van der Waals surface area contributed by atoms with Crippen molar-refractivity contribution in [3.63, 3.8) is 0 Å². The highest BCUT2D eigenvalue weighted by atomic mass is 32.2. The largest absolute Gasteiger partial charge is 0.508 e. The van der Waals surface area contributed by atoms with Crippen LogP contribution in [0.3, 0.4) is 0 Å². The van der Waals surface area contributed by atoms with Gasteiger partial charge in [-0.2, -0.15) is 0 Å². The normalized spacial score (nSPS) is 11.2. The number of methoxy groups -OCH3 is 1. The average Bonchev–Trinajstić information content (AvgIpc) is 2.48. The minimum absolute atomic E-state index is 0.139. The maximum Gasteiger partial charge on any atom is 0.261 e. The van der Waals surface area contributed by atoms with Crippen LogP contribution in [0, 0.1) is 13.8 Å². The number of ether oxygens (including phenoxy) is 1. The Morgan fingerprint density at radius 3 is 2.19 bits per heavy atom. The van der Waals surface area contributed by atoms with Gasteiger partial charge in [-0.25, -0.2) is 8.42 Å². The van der Waals surface area contributed by atoms with Gasteiger partial charge in [0.05, 0.1) is 17.7 Å². The molecule has 0 atom stereocenters. The first-order valence-electron chi connectivity index (χ1n) is 6.31. The van der Waals surface area contributed by atoms with Crippen molar-refractivity contribution in [1.82, 2.24) is 0 Å². The fraction of sp³-hybridized carbons (Fsp3) is 0.200. The number of anilines is 1. The van der Waals surface area contributed by atoms with E-state index in [2.05, 4.69) is 4.72 Å². The summed E-state index contributed by atoms with van der Waals surface area (Å²) >= 11 is 0. The Labute approximate surface area is 124 Å². The van der Waals surface area contributed by atoms with Crippen molar-refractivity contribution < 1.29 is 18.3 Å². The fourth-order valence-corrected chi connectivity index (χ4v) is 3.00. The topological polar surface area (TPSA) is 75.6 Å². The van der Waals surface area contributed by atoms with E-state index in [1.54, 1.807) is 32.0 Å². The second kappa shape index (κ2) is 5.65. The molecule has 0 unspecified atom stereocenters. The van der Waals surface area contributed by atoms with E-state index in [9.17, 15) is 13.5 Å². The molecule has 0 amide bonds. The first-order chi connectivity index (χ1) is 9.85. The summed E-state index contributed by atoms with van der Waals surface area (Å²) in [5.41, 5.74) is 1.78. The molecule has 0 radical (unpaired) electrons. The molecule has 0 saturated heterocycles. The number of nitrogens with one attached hydrogen (secondary N) is 1. The Morgan fingerprint density at radius 2 is 1.62 bits per heavy atom. The van der Waals surface area contributed by atoms with Crippen LogP contribution in [-0.4, -0.2) is 20.6 Å². The van der Waals surface area contributed by atoms with Crippen LogP contribution in [0.5, 0.6) is 11.5 Å². The summed E-state index contributed by atoms with van der Waals surface area (Å²) in [6, 6.07) is 9.13. The smallest absolute Gasteiger partial charge is 0.261 e. The lowest BCUT2D eigenvalue weighted by Crippen LogP contribution is -2.14. The Balaban J connectivity index is 2.35. The number of hydrogen-bond donors (Lipinski definition) is 2. The summed E-state index contributed by atoms with van der Waals surface area (Å²) in [5, 5.41) is 9.61. The minimum atomic E-state index is -3.68. The van der Waals surface area contributed by atoms with Gasteiger partial charge in [-0.15, -0.1) is 0 Å². The molecule has 2 aromatic carbocycles. The zero-order chi connectivity index (χ0) is 15.6. The lowest BCUT2D eigenvalue weighted by atomic mass is 10.1. The molecule has 0 fully saturated rings. The summed E-state index contributed by atoms with van der Waals surface area (Å²) in [4.78, 5) is 0.147. The van der Waals surface area contributed by atoms with Crippen molar-refractivity contribution in [2.75, 3.05) is 11.8 Å². The highest BCUT2D eigenvalue weighted by Crippen LogP contribution is 2.28. The second-order valence-electron chi connectivity index (χ2n) is 4.66. The molecule has 0 spiro atoms. The molecular weight excluding hydrogens is 290 g/mol. The third-order valence-electron chi connectivity index (χ3n) is 3.37. The summed E-state index contributed by atoms with van der Waals surface area (Å²) < 4.78 is 32.2. The first-order valence-corrected chi connectivity index (χ1v) is 7.79. The van der Waals surface area contributed by atoms with Crippen LogP contribution in [0.1, 0.15) is 11.1 Å². The van der Waals surface area contributed by atoms with Crippen LogP contribution in [0.2, 0.25) is 0 Å². The molecular formula is C15H17NO4S. The number of aromatic hydroxyl groups is 1. The number of sulfonamides is 1. The lowest BCUT2D eigenvalue weighted by Gasteiger charge is -2.13. The molecule has 2 rings (SSSR count). The van der Waals surface area contributed by atoms with Gasteiger partial charge < -0.3 is 9.84 Å². The van der Waals surface area contributed by atoms with E-state index >= 15 is 0 Å². The summed E-state index contributed by atoms with van der Waals surface area (Å²) in [7, 11) is -2.16. The van der Waals surface area contributed by atoms with Gasteiger partial charge in [-0.3, -0.25) is 4.72 Å². The summed E-state index contributed by atoms with van der Waals surface area (Å²) in [6.07, 6.45) is 0. The van der Waals surface area contributed by atoms with Crippen LogP contribution in [0.4, 0.5) is 5.69 Å². The molecule has 0 heterocycles. The van der Waals surface area contributed by atoms with Crippen molar-refractivity contribution in [3.05, 3.63) is 47.5 Å². The average molecular weight is 307 g/mol. The van der Waals surface area contributed by atoms with Gasteiger partial charge in [-0.1, -0.05) is 0 Å². The molecule has 2 N–H and O–H groups in total. The van der Waals surface area contributed by atoms with Crippen molar-refractivity contribution in [3.8, 4) is 11.5 Å². The molecule has 0 aromatic heterocycles. The molecule has 2 aromatic rings. The predicted octanol–water partition coefficient (Wildman–Crippen LogP) is 2.82. The van der Waals surface area contributed by atoms with Crippen molar-refractivity contribution in [1.29, 1.82) is 0 Å². The Bertz CT molecular complexity index is 752. The Hall–Kier alpha value is -2.21. The zero-order valence-corrected chi connectivity index (χ0v) is 12.9. The van der Waals surface area contributed by atoms with Gasteiger partial charge in [0, 0.05) is 0 Å². The number of phenols is 1. The van der Waals surface area contributed by atoms with Gasteiger partial charge in [0.25, 0.3) is 10.0 Å². The predicted molar refractivity (Wildman–Crippen MR) is 81.4 cm³/mol. The van der Waals surface area contributed by atoms with Crippen molar-refractivity contribution >= 4 is 15.7 Å². The van der Waals surface area contributed by atoms with Gasteiger partial charge in [-0.05, 0) is 61.4 Å². The monoisotopic (exact) mass is 307 g/mol. The summed E-state index contributed by atoms with van der Waals surface area (Å²) in [5.74, 6) is 0.727. The van der Waals surface area contributed by atoms with Crippen LogP contribution < -0.4 is 9.46 Å². The molecule has 0 saturated carbocycles. The van der Waals surface area contributed by atoms with E-state index in [1.807, 2.05) is 0 Å². The van der Waals surface area contributed by atoms with E-state index in [1.165, 1.54) is 25.3 Å². The van der Waals surface area contributed by atoms with Crippen LogP contribution >= 0.6 is 0 Å². The van der Waals surface area contributed by atoms with Gasteiger partial charge >= 0.3 is 0 Å². The van der Waals surface area contributed by atoms with Crippen LogP contribution in [-0.2, 0) is 10.0 Å². The molecule has 0 aliphatic carbocycles. The highest BCUT2D eigenvalue weighted by Gasteiger charge is 2.16. The van der Waals surface area contributed by atoms with E-state index in [-0.39, 0.29) is 10.6 Å². The summed E-state index contributed by atoms with van der Waals surface area (Å²) in [6.45, 7) is 3.48. The third-order valence-corrected chi connectivity index (χ3v) is 4.75. The first kappa shape index (κ1) is 15.2. The van der Waals surface area contributed by atoms with E-state index < -0.39 is 10.0 Å². The molecule has 112 valence electrons. The fourth-order valence-electron chi connectivity index (χ4n) is 1.88. The van der Waals surface area contributed by atoms with Crippen molar-refractivity contribution in [2.45, 2.75) is 18.7 Å². The minimum Gasteiger partial charge on any atom is -0.508 e. The quantitative estimate of drug-likeness (QED) is 0.852. The van der Waals surface area contributed by atoms with Gasteiger partial charge in [0.1, 0.15) is 11.5 Å². The van der Waals surface area contributed by atoms with E-state index in [4.69, 9.17) is 4.74 Å². The molecule has 0 bridgehead atoms. The number of rotatable bonds is 4. The van der Waals surface area contributed by atoms with Crippen LogP contribution in [0.25, 0.3) is 0 Å². The highest BCUT2D eigenvalue weighted by molar-refractivity contribution is 7.92. The molecule has 0 aliphatic heterocycles. The second-order valence-corrected chi connectivity index (χ2v) is 6.35. The Morgan fingerprint density at radius 1 is 1.00 bits per heavy atom. The maximum absolute atomic E-state index is 12.3. The number of benzene rings is 2. The van der Waals surface area contributed by atoms with Crippen LogP contribution in [0.15, 0.2) is 41.3 Å². The molecule has 6 heteroatoms. The van der Waals surface area contributed by atoms with Gasteiger partial charge in [0.2, 0.25) is 0 Å². The lowest BCUT2D eigenvalue weighted by molar-refractivity contribution is 0.414. The maximum atomic E-state index is 12.3. The van der Waals surface area contributed by atoms with E-state index in [0.29, 0.717) is 22.6 Å². The third kappa shape index (κ3) is 3.11. The number of hydrogen-bond acceptors (Lipinski definition) is 4. The number of phenolic OH excluding ortho intramolecular Hbond substituents is 1. The Kier molecular flexibility index (Phi) is 4.09. The standard InChI is InChI=1S/C15H17NO4S/c1-10-11(2)15(17)9-8-14(10)16-21(18,19)13-6-4-12(20-3)5-7-13/h4-9,16-17H,1-3H3. The molecule has 21 heavy (non-hydrogen) atoms.